The molecule has 0 saturated carbocycles. The summed E-state index contributed by atoms with van der Waals surface area (Å²) >= 11 is 0. The van der Waals surface area contributed by atoms with Crippen LogP contribution in [0, 0.1) is 10.1 Å². The number of hydrogen-bond donors (Lipinski definition) is 0. The molecule has 0 N–H and O–H groups in total. The zero-order valence-corrected chi connectivity index (χ0v) is 44.5. The number of benzene rings is 1. The van der Waals surface area contributed by atoms with Gasteiger partial charge in [0.1, 0.15) is 35.4 Å². The number of hydrogen-bond acceptors (Lipinski definition) is 12. The average molecular weight is 887 g/mol. The molecule has 0 spiro atoms. The highest BCUT2D eigenvalue weighted by Crippen LogP contribution is 2.40. The van der Waals surface area contributed by atoms with Gasteiger partial charge in [0.2, 0.25) is 0 Å². The molecule has 0 bridgehead atoms. The minimum absolute atomic E-state index is 0.201. The fourth-order valence-electron chi connectivity index (χ4n) is 5.67. The van der Waals surface area contributed by atoms with Gasteiger partial charge in [-0.15, -0.1) is 0 Å². The largest absolute Gasteiger partial charge is 0.490 e. The van der Waals surface area contributed by atoms with Gasteiger partial charge in [0.25, 0.3) is 5.69 Å². The van der Waals surface area contributed by atoms with E-state index in [1.165, 1.54) is 6.07 Å². The number of unbranched alkanes of at least 4 members (excludes halogenated alkanes) is 2. The fourth-order valence-corrected chi connectivity index (χ4v) is 31.1. The average Bonchev–Trinajstić information content (AvgIpc) is 2.99. The number of ether oxygens (including phenoxy) is 3. The lowest BCUT2D eigenvalue weighted by atomic mass is 10.1. The molecule has 1 aromatic rings. The summed E-state index contributed by atoms with van der Waals surface area (Å²) in [7, 11) is -14.3. The summed E-state index contributed by atoms with van der Waals surface area (Å²) in [5, 5.41) is 12.4. The van der Waals surface area contributed by atoms with E-state index in [1.54, 1.807) is 13.0 Å². The molecule has 1 aromatic carbocycles. The number of rotatable bonds is 29. The van der Waals surface area contributed by atoms with Crippen LogP contribution in [0.2, 0.25) is 90.7 Å². The van der Waals surface area contributed by atoms with E-state index in [0.29, 0.717) is 37.1 Å². The van der Waals surface area contributed by atoms with Crippen LogP contribution in [-0.2, 0) is 34.2 Å². The smallest absolute Gasteiger partial charge is 0.469 e. The summed E-state index contributed by atoms with van der Waals surface area (Å²) in [4.78, 5) is 24.6. The molecule has 0 saturated heterocycles. The van der Waals surface area contributed by atoms with Crippen LogP contribution in [0.5, 0.6) is 11.5 Å². The van der Waals surface area contributed by atoms with Crippen LogP contribution in [0.3, 0.4) is 0 Å². The fraction of sp³-hybridized carbons (Fsp3) is 0.781. The van der Waals surface area contributed by atoms with E-state index in [-0.39, 0.29) is 36.6 Å². The van der Waals surface area contributed by atoms with Gasteiger partial charge in [-0.05, 0) is 91.2 Å². The number of nitro benzene ring substituents is 1. The van der Waals surface area contributed by atoms with Crippen LogP contribution in [-0.4, -0.2) is 96.0 Å². The van der Waals surface area contributed by atoms with Gasteiger partial charge in [0.15, 0.2) is 36.5 Å². The third-order valence-electron chi connectivity index (χ3n) is 7.27. The first-order valence-corrected chi connectivity index (χ1v) is 39.4. The predicted octanol–water partition coefficient (Wildman–Crippen LogP) is 7.19. The first kappa shape index (κ1) is 50.2. The van der Waals surface area contributed by atoms with Crippen LogP contribution in [0.25, 0.3) is 0 Å². The Morgan fingerprint density at radius 2 is 1.15 bits per heavy atom. The Morgan fingerprint density at radius 3 is 1.55 bits per heavy atom. The summed E-state index contributed by atoms with van der Waals surface area (Å²) in [6, 6.07) is 4.16. The number of nitrogens with zero attached hydrogens (tertiary/aromatic N) is 1. The summed E-state index contributed by atoms with van der Waals surface area (Å²) < 4.78 is 57.4. The van der Waals surface area contributed by atoms with Crippen molar-refractivity contribution in [2.24, 2.45) is 0 Å². The third-order valence-corrected chi connectivity index (χ3v) is 29.0. The molecule has 0 radical (unpaired) electrons. The van der Waals surface area contributed by atoms with E-state index in [4.69, 9.17) is 38.9 Å². The van der Waals surface area contributed by atoms with Gasteiger partial charge in [-0.1, -0.05) is 39.4 Å². The summed E-state index contributed by atoms with van der Waals surface area (Å²) in [6.07, 6.45) is 3.13. The van der Waals surface area contributed by atoms with Crippen LogP contribution in [0.4, 0.5) is 5.69 Å². The number of carbonyl (C=O) groups is 1. The van der Waals surface area contributed by atoms with Crippen molar-refractivity contribution in [2.45, 2.75) is 149 Å². The van der Waals surface area contributed by atoms with Gasteiger partial charge in [0, 0.05) is 18.5 Å². The first-order chi connectivity index (χ1) is 24.5. The van der Waals surface area contributed by atoms with Gasteiger partial charge in [-0.3, -0.25) is 14.9 Å². The van der Waals surface area contributed by atoms with Crippen molar-refractivity contribution in [3.05, 3.63) is 27.8 Å². The van der Waals surface area contributed by atoms with E-state index < -0.39 is 88.8 Å². The van der Waals surface area contributed by atoms with Crippen molar-refractivity contribution in [3.63, 3.8) is 0 Å². The third kappa shape index (κ3) is 20.3. The lowest BCUT2D eigenvalue weighted by molar-refractivity contribution is -0.386. The number of carbonyl (C=O) groups excluding carboxylic acids is 1. The van der Waals surface area contributed by atoms with Crippen molar-refractivity contribution in [1.29, 1.82) is 0 Å². The first-order valence-electron chi connectivity index (χ1n) is 19.3. The van der Waals surface area contributed by atoms with Crippen molar-refractivity contribution in [2.75, 3.05) is 13.2 Å². The second kappa shape index (κ2) is 23.4. The molecule has 1 rings (SSSR count). The lowest BCUT2D eigenvalue weighted by Gasteiger charge is -2.42. The normalized spacial score (nSPS) is 15.1. The zero-order valence-electron chi connectivity index (χ0n) is 35.3. The second-order valence-electron chi connectivity index (χ2n) is 15.9. The quantitative estimate of drug-likeness (QED) is 0.0264. The molecule has 0 aliphatic carbocycles. The Hall–Kier alpha value is -0.815. The minimum atomic E-state index is -3.10. The highest BCUT2D eigenvalue weighted by Gasteiger charge is 2.49. The maximum Gasteiger partial charge on any atom is 0.469 e. The van der Waals surface area contributed by atoms with Gasteiger partial charge < -0.3 is 38.9 Å². The van der Waals surface area contributed by atoms with Crippen LogP contribution in [0.15, 0.2) is 12.1 Å². The van der Waals surface area contributed by atoms with E-state index in [0.717, 1.165) is 12.8 Å². The zero-order chi connectivity index (χ0) is 40.5. The molecule has 0 aliphatic rings. The number of nitro groups is 1. The molecule has 13 nitrogen and oxygen atoms in total. The summed E-state index contributed by atoms with van der Waals surface area (Å²) in [6.45, 7) is 29.8. The molecule has 1 atom stereocenters. The van der Waals surface area contributed by atoms with E-state index in [2.05, 4.69) is 85.5 Å². The van der Waals surface area contributed by atoms with Gasteiger partial charge in [-0.2, -0.15) is 0 Å². The van der Waals surface area contributed by atoms with Crippen molar-refractivity contribution >= 4 is 83.5 Å². The molecule has 0 fully saturated rings. The highest BCUT2D eigenvalue weighted by molar-refractivity contribution is 6.90. The molecule has 21 heteroatoms. The predicted molar refractivity (Wildman–Crippen MR) is 233 cm³/mol. The Balaban J connectivity index is 3.48. The maximum absolute atomic E-state index is 12.6. The van der Waals surface area contributed by atoms with Gasteiger partial charge >= 0.3 is 23.6 Å². The monoisotopic (exact) mass is 885 g/mol. The Kier molecular flexibility index (Phi) is 22.2. The van der Waals surface area contributed by atoms with E-state index in [9.17, 15) is 14.9 Å². The SMILES string of the molecule is CCCCCC(=O)OC(C)c1cc(OCCC[Si](O[Si](C)(C)C)(O[Si](C)(C)C)O[Si](C)(C)C)c(OCCC[Si](O[SiH2]C)(O[SiH2]C)O[SiH2]C)cc1[N+](=O)[O-]. The summed E-state index contributed by atoms with van der Waals surface area (Å²) in [5.74, 6) is 0.191. The maximum atomic E-state index is 12.6. The molecule has 0 aliphatic heterocycles. The Labute approximate surface area is 332 Å². The second-order valence-corrected chi connectivity index (χ2v) is 40.0. The Morgan fingerprint density at radius 1 is 0.717 bits per heavy atom. The van der Waals surface area contributed by atoms with Gasteiger partial charge in [0.05, 0.1) is 29.8 Å². The molecule has 53 heavy (non-hydrogen) atoms. The van der Waals surface area contributed by atoms with Crippen molar-refractivity contribution < 1.29 is 48.6 Å². The molecular weight excluding hydrogens is 815 g/mol. The van der Waals surface area contributed by atoms with Crippen molar-refractivity contribution in [1.82, 2.24) is 0 Å². The van der Waals surface area contributed by atoms with Crippen LogP contribution < -0.4 is 9.47 Å². The van der Waals surface area contributed by atoms with E-state index >= 15 is 0 Å². The van der Waals surface area contributed by atoms with Crippen LogP contribution >= 0.6 is 0 Å². The van der Waals surface area contributed by atoms with E-state index in [1.807, 2.05) is 0 Å². The van der Waals surface area contributed by atoms with Crippen LogP contribution in [0.1, 0.15) is 64.0 Å². The summed E-state index contributed by atoms with van der Waals surface area (Å²) in [5.41, 5.74) is 0.0411. The topological polar surface area (TPSA) is 143 Å². The van der Waals surface area contributed by atoms with Gasteiger partial charge in [-0.25, -0.2) is 0 Å². The van der Waals surface area contributed by atoms with Crippen molar-refractivity contribution in [3.8, 4) is 11.5 Å². The number of esters is 1. The molecule has 308 valence electrons. The Bertz CT molecular complexity index is 1200. The molecule has 1 unspecified atom stereocenters. The molecule has 0 amide bonds. The molecule has 0 aromatic heterocycles. The minimum Gasteiger partial charge on any atom is -0.490 e. The standard InChI is InChI=1S/C32H71NO12Si8/c1-15-16-17-20-32(34)39-27(2)28-25-30(37-22-19-24-53(43-49(6,7)8,44-50(9,10)11)45-51(12,13)14)31(26-29(28)33(35)36)38-21-18-23-52(40-46-3,41-47-4)42-48-5/h25-27H,15-24,46-48H2,1-14H3. The molecule has 0 heterocycles. The highest BCUT2D eigenvalue weighted by atomic mass is 28.5. The lowest BCUT2D eigenvalue weighted by Crippen LogP contribution is -2.60. The molecular formula is C32H71NO12Si8.